The lowest BCUT2D eigenvalue weighted by Gasteiger charge is -2.28. The van der Waals surface area contributed by atoms with Gasteiger partial charge in [0, 0.05) is 25.6 Å². The number of hydrogen-bond acceptors (Lipinski definition) is 3. The Hall–Kier alpha value is -0.670. The van der Waals surface area contributed by atoms with E-state index in [4.69, 9.17) is 4.74 Å². The Morgan fingerprint density at radius 3 is 2.89 bits per heavy atom. The smallest absolute Gasteiger partial charge is 0.162 e. The van der Waals surface area contributed by atoms with Crippen molar-refractivity contribution in [3.63, 3.8) is 0 Å². The van der Waals surface area contributed by atoms with Gasteiger partial charge in [-0.25, -0.2) is 0 Å². The highest BCUT2D eigenvalue weighted by atomic mass is 16.5. The second-order valence-electron chi connectivity index (χ2n) is 5.38. The molecule has 18 heavy (non-hydrogen) atoms. The third-order valence-corrected chi connectivity index (χ3v) is 3.98. The van der Waals surface area contributed by atoms with E-state index < -0.39 is 0 Å². The lowest BCUT2D eigenvalue weighted by atomic mass is 10.0. The molecule has 2 rings (SSSR count). The molecule has 3 heteroatoms. The Balaban J connectivity index is 1.80. The summed E-state index contributed by atoms with van der Waals surface area (Å²) in [6.45, 7) is 6.74. The van der Waals surface area contributed by atoms with E-state index in [1.807, 2.05) is 0 Å². The van der Waals surface area contributed by atoms with Crippen LogP contribution in [0.15, 0.2) is 11.6 Å². The molecule has 2 aliphatic rings. The molecule has 1 heterocycles. The van der Waals surface area contributed by atoms with Crippen molar-refractivity contribution in [2.75, 3.05) is 32.8 Å². The summed E-state index contributed by atoms with van der Waals surface area (Å²) < 4.78 is 5.34. The van der Waals surface area contributed by atoms with Gasteiger partial charge in [0.1, 0.15) is 0 Å². The Morgan fingerprint density at radius 2 is 2.17 bits per heavy atom. The van der Waals surface area contributed by atoms with E-state index in [0.29, 0.717) is 5.78 Å². The molecule has 1 atom stereocenters. The summed E-state index contributed by atoms with van der Waals surface area (Å²) in [5.41, 5.74) is 1.10. The van der Waals surface area contributed by atoms with Crippen molar-refractivity contribution >= 4 is 5.78 Å². The molecule has 0 aromatic heterocycles. The molecule has 3 nitrogen and oxygen atoms in total. The van der Waals surface area contributed by atoms with Crippen molar-refractivity contribution in [2.45, 2.75) is 39.0 Å². The van der Waals surface area contributed by atoms with Crippen LogP contribution >= 0.6 is 0 Å². The predicted molar refractivity (Wildman–Crippen MR) is 72.6 cm³/mol. The molecule has 0 amide bonds. The van der Waals surface area contributed by atoms with Gasteiger partial charge in [0.25, 0.3) is 0 Å². The average Bonchev–Trinajstić information content (AvgIpc) is 2.73. The van der Waals surface area contributed by atoms with Gasteiger partial charge in [-0.1, -0.05) is 25.8 Å². The standard InChI is InChI=1S/C15H25NO2/c1-2-3-4-5-13-6-7-14(15(13)17)12-16-8-10-18-11-9-16/h5,14H,2-4,6-12H2,1H3/b13-5+/t14-/m0/s1. The maximum atomic E-state index is 12.2. The summed E-state index contributed by atoms with van der Waals surface area (Å²) in [7, 11) is 0. The van der Waals surface area contributed by atoms with Crippen LogP contribution in [0.4, 0.5) is 0 Å². The lowest BCUT2D eigenvalue weighted by Crippen LogP contribution is -2.40. The number of nitrogens with zero attached hydrogens (tertiary/aromatic N) is 1. The number of hydrogen-bond donors (Lipinski definition) is 0. The Bertz CT molecular complexity index is 306. The highest BCUT2D eigenvalue weighted by molar-refractivity contribution is 5.99. The maximum Gasteiger partial charge on any atom is 0.162 e. The van der Waals surface area contributed by atoms with E-state index in [9.17, 15) is 4.79 Å². The van der Waals surface area contributed by atoms with Crippen molar-refractivity contribution in [3.05, 3.63) is 11.6 Å². The van der Waals surface area contributed by atoms with Crippen LogP contribution in [0, 0.1) is 5.92 Å². The van der Waals surface area contributed by atoms with Crippen LogP contribution in [0.2, 0.25) is 0 Å². The van der Waals surface area contributed by atoms with Gasteiger partial charge >= 0.3 is 0 Å². The molecule has 0 N–H and O–H groups in total. The largest absolute Gasteiger partial charge is 0.379 e. The van der Waals surface area contributed by atoms with Crippen LogP contribution in [0.25, 0.3) is 0 Å². The molecule has 0 unspecified atom stereocenters. The van der Waals surface area contributed by atoms with Gasteiger partial charge in [-0.3, -0.25) is 9.69 Å². The summed E-state index contributed by atoms with van der Waals surface area (Å²) in [6.07, 6.45) is 7.71. The minimum atomic E-state index is 0.246. The first-order valence-electron chi connectivity index (χ1n) is 7.34. The first-order chi connectivity index (χ1) is 8.81. The van der Waals surface area contributed by atoms with Gasteiger partial charge in [-0.05, 0) is 24.8 Å². The average molecular weight is 251 g/mol. The number of unbranched alkanes of at least 4 members (excludes halogenated alkanes) is 2. The van der Waals surface area contributed by atoms with Crippen LogP contribution in [0.3, 0.4) is 0 Å². The summed E-state index contributed by atoms with van der Waals surface area (Å²) in [5.74, 6) is 0.661. The zero-order valence-corrected chi connectivity index (χ0v) is 11.5. The van der Waals surface area contributed by atoms with E-state index >= 15 is 0 Å². The number of rotatable bonds is 5. The third-order valence-electron chi connectivity index (χ3n) is 3.98. The molecule has 0 aromatic carbocycles. The first-order valence-corrected chi connectivity index (χ1v) is 7.34. The summed E-state index contributed by atoms with van der Waals surface area (Å²) in [5, 5.41) is 0. The van der Waals surface area contributed by atoms with Crippen LogP contribution in [0.5, 0.6) is 0 Å². The minimum Gasteiger partial charge on any atom is -0.379 e. The molecule has 1 saturated carbocycles. The topological polar surface area (TPSA) is 29.5 Å². The predicted octanol–water partition coefficient (Wildman–Crippen LogP) is 2.41. The SMILES string of the molecule is CCCC/C=C1\CC[C@@H](CN2CCOCC2)C1=O. The van der Waals surface area contributed by atoms with E-state index in [-0.39, 0.29) is 5.92 Å². The van der Waals surface area contributed by atoms with E-state index in [2.05, 4.69) is 17.9 Å². The van der Waals surface area contributed by atoms with E-state index in [1.165, 1.54) is 12.8 Å². The number of morpholine rings is 1. The fourth-order valence-corrected chi connectivity index (χ4v) is 2.80. The van der Waals surface area contributed by atoms with Crippen LogP contribution in [-0.4, -0.2) is 43.5 Å². The van der Waals surface area contributed by atoms with Gasteiger partial charge in [0.15, 0.2) is 5.78 Å². The number of allylic oxidation sites excluding steroid dienone is 2. The van der Waals surface area contributed by atoms with Gasteiger partial charge in [0.2, 0.25) is 0 Å². The quantitative estimate of drug-likeness (QED) is 0.555. The second kappa shape index (κ2) is 7.05. The lowest BCUT2D eigenvalue weighted by molar-refractivity contribution is -0.118. The monoisotopic (exact) mass is 251 g/mol. The molecule has 0 radical (unpaired) electrons. The van der Waals surface area contributed by atoms with Crippen molar-refractivity contribution < 1.29 is 9.53 Å². The number of carbonyl (C=O) groups is 1. The molecule has 0 aromatic rings. The van der Waals surface area contributed by atoms with Gasteiger partial charge in [-0.15, -0.1) is 0 Å². The number of ether oxygens (including phenoxy) is 1. The first kappa shape index (κ1) is 13.8. The highest BCUT2D eigenvalue weighted by Crippen LogP contribution is 2.28. The molecule has 1 aliphatic heterocycles. The number of Topliss-reactive ketones (excluding diaryl/α,β-unsaturated/α-hetero) is 1. The minimum absolute atomic E-state index is 0.246. The van der Waals surface area contributed by atoms with Gasteiger partial charge in [-0.2, -0.15) is 0 Å². The van der Waals surface area contributed by atoms with Crippen LogP contribution in [-0.2, 0) is 9.53 Å². The molecule has 1 saturated heterocycles. The van der Waals surface area contributed by atoms with Crippen molar-refractivity contribution in [3.8, 4) is 0 Å². The Morgan fingerprint density at radius 1 is 1.39 bits per heavy atom. The second-order valence-corrected chi connectivity index (χ2v) is 5.38. The number of carbonyl (C=O) groups excluding carboxylic acids is 1. The van der Waals surface area contributed by atoms with Crippen molar-refractivity contribution in [1.82, 2.24) is 4.90 Å². The molecule has 1 aliphatic carbocycles. The fraction of sp³-hybridized carbons (Fsp3) is 0.800. The molecular weight excluding hydrogens is 226 g/mol. The Labute approximate surface area is 110 Å². The van der Waals surface area contributed by atoms with Crippen LogP contribution < -0.4 is 0 Å². The van der Waals surface area contributed by atoms with Crippen molar-refractivity contribution in [1.29, 1.82) is 0 Å². The van der Waals surface area contributed by atoms with Gasteiger partial charge < -0.3 is 4.74 Å². The molecular formula is C15H25NO2. The van der Waals surface area contributed by atoms with Crippen molar-refractivity contribution in [2.24, 2.45) is 5.92 Å². The molecule has 0 spiro atoms. The fourth-order valence-electron chi connectivity index (χ4n) is 2.80. The summed E-state index contributed by atoms with van der Waals surface area (Å²) in [6, 6.07) is 0. The Kier molecular flexibility index (Phi) is 5.39. The normalized spacial score (nSPS) is 28.2. The molecule has 2 fully saturated rings. The van der Waals surface area contributed by atoms with E-state index in [1.54, 1.807) is 0 Å². The van der Waals surface area contributed by atoms with Gasteiger partial charge in [0.05, 0.1) is 13.2 Å². The number of ketones is 1. The van der Waals surface area contributed by atoms with E-state index in [0.717, 1.165) is 57.7 Å². The zero-order valence-electron chi connectivity index (χ0n) is 11.5. The third kappa shape index (κ3) is 3.66. The zero-order chi connectivity index (χ0) is 12.8. The molecule has 102 valence electrons. The molecule has 0 bridgehead atoms. The summed E-state index contributed by atoms with van der Waals surface area (Å²) >= 11 is 0. The summed E-state index contributed by atoms with van der Waals surface area (Å²) in [4.78, 5) is 14.6. The van der Waals surface area contributed by atoms with Crippen LogP contribution in [0.1, 0.15) is 39.0 Å². The maximum absolute atomic E-state index is 12.2. The highest BCUT2D eigenvalue weighted by Gasteiger charge is 2.30.